The highest BCUT2D eigenvalue weighted by Crippen LogP contribution is 2.28. The van der Waals surface area contributed by atoms with Gasteiger partial charge in [0, 0.05) is 6.04 Å². The molecule has 0 fully saturated rings. The van der Waals surface area contributed by atoms with Crippen LogP contribution in [0.3, 0.4) is 0 Å². The van der Waals surface area contributed by atoms with E-state index in [1.807, 2.05) is 11.6 Å². The van der Waals surface area contributed by atoms with E-state index in [0.29, 0.717) is 17.7 Å². The van der Waals surface area contributed by atoms with Gasteiger partial charge in [-0.05, 0) is 32.1 Å². The van der Waals surface area contributed by atoms with Crippen LogP contribution < -0.4 is 0 Å². The molecule has 0 spiro atoms. The van der Waals surface area contributed by atoms with Crippen molar-refractivity contribution in [1.29, 1.82) is 0 Å². The highest BCUT2D eigenvalue weighted by molar-refractivity contribution is 5.33. The van der Waals surface area contributed by atoms with Crippen molar-refractivity contribution in [1.82, 2.24) is 9.78 Å². The molecule has 0 saturated carbocycles. The van der Waals surface area contributed by atoms with Crippen LogP contribution in [-0.4, -0.2) is 14.9 Å². The van der Waals surface area contributed by atoms with Gasteiger partial charge in [0.15, 0.2) is 5.75 Å². The average Bonchev–Trinajstić information content (AvgIpc) is 2.55. The van der Waals surface area contributed by atoms with Gasteiger partial charge in [-0.3, -0.25) is 4.68 Å². The second-order valence-corrected chi connectivity index (χ2v) is 4.90. The lowest BCUT2D eigenvalue weighted by molar-refractivity contribution is 0.424. The minimum atomic E-state index is 0.361. The normalized spacial score (nSPS) is 13.4. The van der Waals surface area contributed by atoms with Crippen molar-refractivity contribution >= 4 is 0 Å². The Morgan fingerprint density at radius 3 is 2.31 bits per heavy atom. The van der Waals surface area contributed by atoms with E-state index in [0.717, 1.165) is 30.7 Å². The van der Waals surface area contributed by atoms with Crippen LogP contribution in [0.4, 0.5) is 0 Å². The number of hydrogen-bond donors (Lipinski definition) is 1. The molecule has 1 aromatic rings. The van der Waals surface area contributed by atoms with Gasteiger partial charge in [0.25, 0.3) is 0 Å². The second-order valence-electron chi connectivity index (χ2n) is 4.90. The van der Waals surface area contributed by atoms with Crippen molar-refractivity contribution in [3.05, 3.63) is 11.4 Å². The standard InChI is InChI=1S/C13H24N2O/c1-6-10(5)15-12(8-9(3)4)13(16)11(7-2)14-15/h9-10,16H,6-8H2,1-5H3. The van der Waals surface area contributed by atoms with Gasteiger partial charge in [-0.2, -0.15) is 5.10 Å². The summed E-state index contributed by atoms with van der Waals surface area (Å²) in [5.41, 5.74) is 1.83. The molecule has 0 radical (unpaired) electrons. The van der Waals surface area contributed by atoms with Crippen LogP contribution in [0, 0.1) is 5.92 Å². The number of aryl methyl sites for hydroxylation is 1. The van der Waals surface area contributed by atoms with E-state index in [2.05, 4.69) is 32.8 Å². The van der Waals surface area contributed by atoms with Gasteiger partial charge in [0.05, 0.1) is 5.69 Å². The molecule has 1 unspecified atom stereocenters. The van der Waals surface area contributed by atoms with Crippen LogP contribution in [0.1, 0.15) is 58.5 Å². The van der Waals surface area contributed by atoms with E-state index in [1.165, 1.54) is 0 Å². The molecule has 0 saturated heterocycles. The molecule has 1 rings (SSSR count). The Morgan fingerprint density at radius 2 is 1.88 bits per heavy atom. The topological polar surface area (TPSA) is 38.0 Å². The van der Waals surface area contributed by atoms with Gasteiger partial charge in [0.1, 0.15) is 5.69 Å². The lowest BCUT2D eigenvalue weighted by atomic mass is 10.1. The number of rotatable bonds is 5. The van der Waals surface area contributed by atoms with E-state index in [-0.39, 0.29) is 0 Å². The molecule has 0 aliphatic heterocycles. The first-order valence-corrected chi connectivity index (χ1v) is 6.30. The zero-order valence-electron chi connectivity index (χ0n) is 11.1. The maximum absolute atomic E-state index is 10.1. The van der Waals surface area contributed by atoms with Crippen LogP contribution in [0.5, 0.6) is 5.75 Å². The Morgan fingerprint density at radius 1 is 1.25 bits per heavy atom. The third kappa shape index (κ3) is 2.57. The Bertz CT molecular complexity index is 342. The molecule has 16 heavy (non-hydrogen) atoms. The number of nitrogens with zero attached hydrogens (tertiary/aromatic N) is 2. The summed E-state index contributed by atoms with van der Waals surface area (Å²) in [6.07, 6.45) is 2.72. The lowest BCUT2D eigenvalue weighted by Crippen LogP contribution is -2.11. The third-order valence-electron chi connectivity index (χ3n) is 3.00. The van der Waals surface area contributed by atoms with Gasteiger partial charge in [-0.15, -0.1) is 0 Å². The fraction of sp³-hybridized carbons (Fsp3) is 0.769. The summed E-state index contributed by atoms with van der Waals surface area (Å²) in [6, 6.07) is 0.361. The van der Waals surface area contributed by atoms with E-state index >= 15 is 0 Å². The SMILES string of the molecule is CCc1nn(C(C)CC)c(CC(C)C)c1O. The van der Waals surface area contributed by atoms with E-state index < -0.39 is 0 Å². The quantitative estimate of drug-likeness (QED) is 0.833. The van der Waals surface area contributed by atoms with Crippen molar-refractivity contribution in [3.8, 4) is 5.75 Å². The van der Waals surface area contributed by atoms with Crippen LogP contribution in [0.2, 0.25) is 0 Å². The van der Waals surface area contributed by atoms with Gasteiger partial charge < -0.3 is 5.11 Å². The predicted molar refractivity (Wildman–Crippen MR) is 66.8 cm³/mol. The van der Waals surface area contributed by atoms with Gasteiger partial charge in [-0.25, -0.2) is 0 Å². The van der Waals surface area contributed by atoms with Crippen molar-refractivity contribution in [2.75, 3.05) is 0 Å². The summed E-state index contributed by atoms with van der Waals surface area (Å²) in [5.74, 6) is 0.951. The molecule has 3 nitrogen and oxygen atoms in total. The molecule has 0 amide bonds. The monoisotopic (exact) mass is 224 g/mol. The maximum Gasteiger partial charge on any atom is 0.160 e. The van der Waals surface area contributed by atoms with Gasteiger partial charge >= 0.3 is 0 Å². The Labute approximate surface area is 98.5 Å². The Hall–Kier alpha value is -0.990. The minimum Gasteiger partial charge on any atom is -0.504 e. The zero-order chi connectivity index (χ0) is 12.3. The first-order valence-electron chi connectivity index (χ1n) is 6.30. The molecule has 0 aliphatic rings. The highest BCUT2D eigenvalue weighted by Gasteiger charge is 2.19. The molecular formula is C13H24N2O. The number of aromatic hydroxyl groups is 1. The Balaban J connectivity index is 3.13. The summed E-state index contributed by atoms with van der Waals surface area (Å²) in [7, 11) is 0. The maximum atomic E-state index is 10.1. The van der Waals surface area contributed by atoms with Gasteiger partial charge in [0.2, 0.25) is 0 Å². The molecule has 1 aromatic heterocycles. The summed E-state index contributed by atoms with van der Waals surface area (Å²) in [4.78, 5) is 0. The summed E-state index contributed by atoms with van der Waals surface area (Å²) in [5, 5.41) is 14.6. The summed E-state index contributed by atoms with van der Waals surface area (Å²) in [6.45, 7) is 10.7. The molecule has 0 aromatic carbocycles. The van der Waals surface area contributed by atoms with E-state index in [1.54, 1.807) is 0 Å². The molecule has 92 valence electrons. The third-order valence-corrected chi connectivity index (χ3v) is 3.00. The first kappa shape index (κ1) is 13.1. The summed E-state index contributed by atoms with van der Waals surface area (Å²) >= 11 is 0. The molecule has 1 atom stereocenters. The second kappa shape index (κ2) is 5.37. The molecule has 1 N–H and O–H groups in total. The highest BCUT2D eigenvalue weighted by atomic mass is 16.3. The molecule has 1 heterocycles. The van der Waals surface area contributed by atoms with Crippen molar-refractivity contribution in [2.24, 2.45) is 5.92 Å². The zero-order valence-corrected chi connectivity index (χ0v) is 11.1. The average molecular weight is 224 g/mol. The van der Waals surface area contributed by atoms with E-state index in [9.17, 15) is 5.11 Å². The van der Waals surface area contributed by atoms with Crippen LogP contribution in [0.15, 0.2) is 0 Å². The first-order chi connectivity index (χ1) is 7.51. The Kier molecular flexibility index (Phi) is 4.39. The number of aromatic nitrogens is 2. The largest absolute Gasteiger partial charge is 0.504 e. The fourth-order valence-electron chi connectivity index (χ4n) is 1.87. The summed E-state index contributed by atoms with van der Waals surface area (Å²) < 4.78 is 2.01. The van der Waals surface area contributed by atoms with Crippen molar-refractivity contribution < 1.29 is 5.11 Å². The lowest BCUT2D eigenvalue weighted by Gasteiger charge is -2.14. The van der Waals surface area contributed by atoms with Crippen molar-refractivity contribution in [3.63, 3.8) is 0 Å². The van der Waals surface area contributed by atoms with E-state index in [4.69, 9.17) is 0 Å². The van der Waals surface area contributed by atoms with Crippen LogP contribution >= 0.6 is 0 Å². The molecule has 3 heteroatoms. The van der Waals surface area contributed by atoms with Gasteiger partial charge in [-0.1, -0.05) is 27.7 Å². The molecule has 0 bridgehead atoms. The molecule has 0 aliphatic carbocycles. The predicted octanol–water partition coefficient (Wildman–Crippen LogP) is 3.32. The molecular weight excluding hydrogens is 200 g/mol. The minimum absolute atomic E-state index is 0.361. The van der Waals surface area contributed by atoms with Crippen LogP contribution in [0.25, 0.3) is 0 Å². The number of hydrogen-bond acceptors (Lipinski definition) is 2. The fourth-order valence-corrected chi connectivity index (χ4v) is 1.87. The smallest absolute Gasteiger partial charge is 0.160 e. The van der Waals surface area contributed by atoms with Crippen molar-refractivity contribution in [2.45, 2.75) is 59.9 Å². The van der Waals surface area contributed by atoms with Crippen LogP contribution in [-0.2, 0) is 12.8 Å².